The Balaban J connectivity index is 1.78. The molecule has 2 N–H and O–H groups in total. The zero-order valence-corrected chi connectivity index (χ0v) is 18.8. The zero-order chi connectivity index (χ0) is 24.2. The molecular weight excluding hydrogens is 455 g/mol. The van der Waals surface area contributed by atoms with Crippen LogP contribution in [0.15, 0.2) is 42.0 Å². The third-order valence-corrected chi connectivity index (χ3v) is 6.59. The second-order valence-corrected chi connectivity index (χ2v) is 8.73. The van der Waals surface area contributed by atoms with Gasteiger partial charge in [-0.1, -0.05) is 30.0 Å². The summed E-state index contributed by atoms with van der Waals surface area (Å²) in [6.45, 7) is 1.61. The number of rotatable bonds is 6. The van der Waals surface area contributed by atoms with Gasteiger partial charge in [0.15, 0.2) is 0 Å². The molecule has 1 fully saturated rings. The average molecular weight is 480 g/mol. The summed E-state index contributed by atoms with van der Waals surface area (Å²) < 4.78 is 38.5. The number of carbonyl (C=O) groups excluding carboxylic acids is 1. The van der Waals surface area contributed by atoms with Crippen molar-refractivity contribution in [2.45, 2.75) is 19.3 Å². The quantitative estimate of drug-likeness (QED) is 0.373. The van der Waals surface area contributed by atoms with Gasteiger partial charge in [-0.3, -0.25) is 4.79 Å². The molecule has 10 heteroatoms. The molecule has 2 aromatic carbocycles. The van der Waals surface area contributed by atoms with Gasteiger partial charge < -0.3 is 15.1 Å². The lowest BCUT2D eigenvalue weighted by molar-refractivity contribution is -0.246. The lowest BCUT2D eigenvalue weighted by Crippen LogP contribution is -2.51. The minimum Gasteiger partial charge on any atom is -0.394 e. The number of alkyl halides is 3. The van der Waals surface area contributed by atoms with Gasteiger partial charge in [0.25, 0.3) is 0 Å². The molecule has 0 radical (unpaired) electrons. The summed E-state index contributed by atoms with van der Waals surface area (Å²) in [5.74, 6) is -0.00841. The van der Waals surface area contributed by atoms with Crippen LogP contribution >= 0.6 is 11.8 Å². The number of piperazine rings is 1. The molecule has 1 saturated heterocycles. The summed E-state index contributed by atoms with van der Waals surface area (Å²) >= 11 is 0.779. The van der Waals surface area contributed by atoms with Gasteiger partial charge in [0.05, 0.1) is 12.7 Å². The molecule has 2 aromatic rings. The summed E-state index contributed by atoms with van der Waals surface area (Å²) in [7, 11) is 0. The SMILES string of the molecule is C/C(=C(/C#N)C(=O)SCC(O)CO)c1ccc2cc(N3CCN(C(F)(F)F)CC3)ccc2c1. The molecular formula is C23H24F3N3O3S. The highest BCUT2D eigenvalue weighted by molar-refractivity contribution is 8.14. The van der Waals surface area contributed by atoms with E-state index in [2.05, 4.69) is 0 Å². The predicted molar refractivity (Wildman–Crippen MR) is 123 cm³/mol. The number of benzene rings is 2. The number of halogens is 3. The molecule has 0 aromatic heterocycles. The Morgan fingerprint density at radius 3 is 2.39 bits per heavy atom. The third-order valence-electron chi connectivity index (χ3n) is 5.57. The second-order valence-electron chi connectivity index (χ2n) is 7.73. The van der Waals surface area contributed by atoms with E-state index in [0.29, 0.717) is 16.0 Å². The number of nitriles is 1. The van der Waals surface area contributed by atoms with Crippen molar-refractivity contribution in [1.29, 1.82) is 5.26 Å². The van der Waals surface area contributed by atoms with Gasteiger partial charge in [0, 0.05) is 37.6 Å². The lowest BCUT2D eigenvalue weighted by Gasteiger charge is -2.36. The van der Waals surface area contributed by atoms with Crippen LogP contribution in [-0.2, 0) is 4.79 Å². The van der Waals surface area contributed by atoms with E-state index in [0.717, 1.165) is 28.2 Å². The van der Waals surface area contributed by atoms with E-state index in [4.69, 9.17) is 5.11 Å². The number of nitrogens with zero attached hydrogens (tertiary/aromatic N) is 3. The topological polar surface area (TPSA) is 87.8 Å². The van der Waals surface area contributed by atoms with Crippen LogP contribution < -0.4 is 4.90 Å². The first-order chi connectivity index (χ1) is 15.6. The fraction of sp³-hybridized carbons (Fsp3) is 0.391. The van der Waals surface area contributed by atoms with E-state index in [1.807, 2.05) is 41.3 Å². The van der Waals surface area contributed by atoms with Gasteiger partial charge in [-0.15, -0.1) is 0 Å². The number of aliphatic hydroxyl groups excluding tert-OH is 2. The van der Waals surface area contributed by atoms with Crippen LogP contribution in [-0.4, -0.2) is 71.2 Å². The van der Waals surface area contributed by atoms with Gasteiger partial charge in [0.2, 0.25) is 5.12 Å². The first kappa shape index (κ1) is 25.1. The fourth-order valence-corrected chi connectivity index (χ4v) is 4.40. The standard InChI is InChI=1S/C23H24F3N3O3S/c1-15(21(12-27)22(32)33-14-20(31)13-30)16-2-3-18-11-19(5-4-17(18)10-16)28-6-8-29(9-7-28)23(24,25)26/h2-5,10-11,20,30-31H,6-9,13-14H2,1H3/b21-15+. The number of fused-ring (bicyclic) bond motifs is 1. The van der Waals surface area contributed by atoms with E-state index < -0.39 is 24.1 Å². The maximum atomic E-state index is 12.8. The van der Waals surface area contributed by atoms with Gasteiger partial charge in [-0.25, -0.2) is 4.90 Å². The van der Waals surface area contributed by atoms with Crippen LogP contribution in [0, 0.1) is 11.3 Å². The van der Waals surface area contributed by atoms with Crippen molar-refractivity contribution < 1.29 is 28.2 Å². The smallest absolute Gasteiger partial charge is 0.394 e. The molecule has 1 aliphatic rings. The van der Waals surface area contributed by atoms with Crippen molar-refractivity contribution in [3.63, 3.8) is 0 Å². The van der Waals surface area contributed by atoms with Gasteiger partial charge in [0.1, 0.15) is 11.6 Å². The molecule has 1 atom stereocenters. The third kappa shape index (κ3) is 6.06. The van der Waals surface area contributed by atoms with Crippen LogP contribution in [0.5, 0.6) is 0 Å². The number of thioether (sulfide) groups is 1. The summed E-state index contributed by atoms with van der Waals surface area (Å²) in [6, 6.07) is 13.1. The first-order valence-electron chi connectivity index (χ1n) is 10.3. The minimum absolute atomic E-state index is 0.00841. The van der Waals surface area contributed by atoms with Crippen molar-refractivity contribution in [1.82, 2.24) is 4.90 Å². The van der Waals surface area contributed by atoms with Crippen LogP contribution in [0.3, 0.4) is 0 Å². The summed E-state index contributed by atoms with van der Waals surface area (Å²) in [5, 5.41) is 29.1. The molecule has 1 unspecified atom stereocenters. The Morgan fingerprint density at radius 1 is 1.15 bits per heavy atom. The molecule has 0 aliphatic carbocycles. The maximum absolute atomic E-state index is 12.8. The zero-order valence-electron chi connectivity index (χ0n) is 18.0. The minimum atomic E-state index is -4.31. The second kappa shape index (κ2) is 10.6. The number of aliphatic hydroxyl groups is 2. The van der Waals surface area contributed by atoms with Gasteiger partial charge in [-0.05, 0) is 47.0 Å². The molecule has 176 valence electrons. The normalized spacial score (nSPS) is 16.9. The highest BCUT2D eigenvalue weighted by atomic mass is 32.2. The van der Waals surface area contributed by atoms with E-state index in [-0.39, 0.29) is 37.5 Å². The van der Waals surface area contributed by atoms with Crippen molar-refractivity contribution in [3.8, 4) is 6.07 Å². The molecule has 1 heterocycles. The van der Waals surface area contributed by atoms with Crippen molar-refractivity contribution >= 4 is 38.9 Å². The molecule has 0 spiro atoms. The first-order valence-corrected chi connectivity index (χ1v) is 11.3. The number of hydrogen-bond acceptors (Lipinski definition) is 7. The highest BCUT2D eigenvalue weighted by Gasteiger charge is 2.38. The predicted octanol–water partition coefficient (Wildman–Crippen LogP) is 3.39. The van der Waals surface area contributed by atoms with Crippen LogP contribution in [0.4, 0.5) is 18.9 Å². The molecule has 33 heavy (non-hydrogen) atoms. The van der Waals surface area contributed by atoms with Gasteiger partial charge in [-0.2, -0.15) is 18.4 Å². The molecule has 0 saturated carbocycles. The molecule has 0 amide bonds. The number of hydrogen-bond donors (Lipinski definition) is 2. The number of carbonyl (C=O) groups is 1. The Kier molecular flexibility index (Phi) is 8.02. The van der Waals surface area contributed by atoms with E-state index in [1.54, 1.807) is 13.0 Å². The van der Waals surface area contributed by atoms with E-state index in [1.165, 1.54) is 0 Å². The molecule has 3 rings (SSSR count). The Bertz CT molecular complexity index is 1090. The summed E-state index contributed by atoms with van der Waals surface area (Å²) in [5.41, 5.74) is 2.02. The van der Waals surface area contributed by atoms with Gasteiger partial charge >= 0.3 is 6.30 Å². The molecule has 1 aliphatic heterocycles. The van der Waals surface area contributed by atoms with Crippen LogP contribution in [0.2, 0.25) is 0 Å². The number of anilines is 1. The largest absolute Gasteiger partial charge is 0.460 e. The van der Waals surface area contributed by atoms with Crippen molar-refractivity contribution in [2.75, 3.05) is 43.4 Å². The molecule has 0 bridgehead atoms. The Hall–Kier alpha value is -2.58. The van der Waals surface area contributed by atoms with Crippen LogP contribution in [0.25, 0.3) is 16.3 Å². The van der Waals surface area contributed by atoms with E-state index in [9.17, 15) is 28.3 Å². The average Bonchev–Trinajstić information content (AvgIpc) is 2.81. The van der Waals surface area contributed by atoms with E-state index >= 15 is 0 Å². The van der Waals surface area contributed by atoms with Crippen molar-refractivity contribution in [2.24, 2.45) is 0 Å². The van der Waals surface area contributed by atoms with Crippen LogP contribution in [0.1, 0.15) is 12.5 Å². The maximum Gasteiger partial charge on any atom is 0.460 e. The highest BCUT2D eigenvalue weighted by Crippen LogP contribution is 2.30. The monoisotopic (exact) mass is 479 g/mol. The fourth-order valence-electron chi connectivity index (χ4n) is 3.60. The summed E-state index contributed by atoms with van der Waals surface area (Å²) in [4.78, 5) is 14.8. The van der Waals surface area contributed by atoms with Crippen molar-refractivity contribution in [3.05, 3.63) is 47.5 Å². The molecule has 6 nitrogen and oxygen atoms in total. The lowest BCUT2D eigenvalue weighted by atomic mass is 9.98. The Labute approximate surface area is 193 Å². The number of allylic oxidation sites excluding steroid dienone is 1. The summed E-state index contributed by atoms with van der Waals surface area (Å²) in [6.07, 6.45) is -5.34. The Morgan fingerprint density at radius 2 is 1.79 bits per heavy atom.